The summed E-state index contributed by atoms with van der Waals surface area (Å²) in [6, 6.07) is 23.7. The monoisotopic (exact) mass is 597 g/mol. The molecule has 41 heavy (non-hydrogen) atoms. The molecule has 0 aliphatic carbocycles. The fourth-order valence-corrected chi connectivity index (χ4v) is 12.0. The molecule has 0 fully saturated rings. The Hall–Kier alpha value is -4.03. The second kappa shape index (κ2) is 9.25. The van der Waals surface area contributed by atoms with Crippen molar-refractivity contribution in [3.63, 3.8) is 0 Å². The molecule has 5 heteroatoms. The molecule has 0 saturated carbocycles. The Morgan fingerprint density at radius 3 is 2.27 bits per heavy atom. The molecule has 0 spiro atoms. The van der Waals surface area contributed by atoms with Crippen molar-refractivity contribution in [1.82, 2.24) is 15.0 Å². The van der Waals surface area contributed by atoms with Crippen molar-refractivity contribution in [2.45, 2.75) is 45.0 Å². The summed E-state index contributed by atoms with van der Waals surface area (Å²) >= 11 is -2.13. The molecular weight excluding hydrogens is 563 g/mol. The molecule has 0 bridgehead atoms. The zero-order valence-corrected chi connectivity index (χ0v) is 26.8. The average molecular weight is 596 g/mol. The number of fused-ring (bicyclic) bond motifs is 6. The third kappa shape index (κ3) is 4.15. The summed E-state index contributed by atoms with van der Waals surface area (Å²) in [5, 5.41) is 5.74. The Balaban J connectivity index is 1.50. The molecule has 0 unspecified atom stereocenters. The first-order chi connectivity index (χ1) is 19.6. The van der Waals surface area contributed by atoms with Crippen molar-refractivity contribution in [2.75, 3.05) is 0 Å². The van der Waals surface area contributed by atoms with Gasteiger partial charge in [0, 0.05) is 17.5 Å². The third-order valence-electron chi connectivity index (χ3n) is 8.28. The quantitative estimate of drug-likeness (QED) is 0.151. The van der Waals surface area contributed by atoms with E-state index in [1.54, 1.807) is 4.40 Å². The van der Waals surface area contributed by atoms with Gasteiger partial charge < -0.3 is 0 Å². The van der Waals surface area contributed by atoms with Crippen LogP contribution in [0.25, 0.3) is 66.0 Å². The van der Waals surface area contributed by atoms with Crippen molar-refractivity contribution in [2.24, 2.45) is 0 Å². The molecule has 0 N–H and O–H groups in total. The minimum absolute atomic E-state index is 0.765. The smallest absolute Gasteiger partial charge is 0.0349 e. The van der Waals surface area contributed by atoms with Crippen LogP contribution in [0.2, 0.25) is 17.3 Å². The van der Waals surface area contributed by atoms with E-state index in [0.29, 0.717) is 0 Å². The number of rotatable bonds is 3. The first-order valence-electron chi connectivity index (χ1n) is 14.2. The first-order valence-corrected chi connectivity index (χ1v) is 21.5. The predicted molar refractivity (Wildman–Crippen MR) is 175 cm³/mol. The van der Waals surface area contributed by atoms with Crippen LogP contribution in [0.3, 0.4) is 0 Å². The van der Waals surface area contributed by atoms with Gasteiger partial charge in [-0.1, -0.05) is 6.07 Å². The van der Waals surface area contributed by atoms with Gasteiger partial charge in [0.1, 0.15) is 0 Å². The molecule has 0 aliphatic rings. The van der Waals surface area contributed by atoms with Crippen LogP contribution in [-0.2, 0) is 0 Å². The number of aryl methyl sites for hydroxylation is 4. The van der Waals surface area contributed by atoms with Gasteiger partial charge in [-0.25, -0.2) is 0 Å². The van der Waals surface area contributed by atoms with Crippen LogP contribution in [0.15, 0.2) is 77.3 Å². The van der Waals surface area contributed by atoms with Gasteiger partial charge in [0.15, 0.2) is 0 Å². The molecule has 0 amide bonds. The Kier molecular flexibility index (Phi) is 5.84. The van der Waals surface area contributed by atoms with Gasteiger partial charge in [0.2, 0.25) is 0 Å². The van der Waals surface area contributed by atoms with Crippen molar-refractivity contribution >= 4 is 61.3 Å². The second-order valence-electron chi connectivity index (χ2n) is 12.3. The van der Waals surface area contributed by atoms with Crippen molar-refractivity contribution in [1.29, 1.82) is 0 Å². The maximum atomic E-state index is 6.63. The van der Waals surface area contributed by atoms with E-state index in [9.17, 15) is 0 Å². The molecule has 3 heterocycles. The number of aromatic nitrogens is 3. The first kappa shape index (κ1) is 25.9. The van der Waals surface area contributed by atoms with E-state index in [4.69, 9.17) is 14.4 Å². The summed E-state index contributed by atoms with van der Waals surface area (Å²) < 4.78 is 8.20. The number of furan rings is 1. The number of para-hydroxylation sites is 1. The molecule has 3 aromatic heterocycles. The van der Waals surface area contributed by atoms with Crippen LogP contribution >= 0.6 is 0 Å². The van der Waals surface area contributed by atoms with Gasteiger partial charge >= 0.3 is 202 Å². The minimum atomic E-state index is -2.13. The minimum Gasteiger partial charge on any atom is -0.261 e. The van der Waals surface area contributed by atoms with Crippen LogP contribution < -0.4 is 4.40 Å². The van der Waals surface area contributed by atoms with E-state index in [0.717, 1.165) is 66.7 Å². The molecule has 7 aromatic rings. The van der Waals surface area contributed by atoms with E-state index < -0.39 is 13.3 Å². The van der Waals surface area contributed by atoms with Crippen molar-refractivity contribution in [3.8, 4) is 22.4 Å². The van der Waals surface area contributed by atoms with Gasteiger partial charge in [-0.3, -0.25) is 4.98 Å². The fourth-order valence-electron chi connectivity index (χ4n) is 6.73. The average Bonchev–Trinajstić information content (AvgIpc) is 3.30. The Bertz CT molecular complexity index is 2170. The van der Waals surface area contributed by atoms with Crippen LogP contribution in [0.5, 0.6) is 0 Å². The zero-order chi connectivity index (χ0) is 28.6. The van der Waals surface area contributed by atoms with E-state index >= 15 is 0 Å². The predicted octanol–water partition coefficient (Wildman–Crippen LogP) is 9.19. The van der Waals surface area contributed by atoms with Crippen LogP contribution in [0.1, 0.15) is 22.6 Å². The summed E-state index contributed by atoms with van der Waals surface area (Å²) in [6.07, 6.45) is 1.92. The van der Waals surface area contributed by atoms with Gasteiger partial charge in [0.05, 0.1) is 0 Å². The SMILES string of the molecule is Cc1ccc(-c2ccc3c(c2)oc2c(-c4nc(C)nc5c4ccc4cc(C)[c]([Ge]([CH3])([CH3])[CH3])c(C)c45)cccc23)cn1. The number of pyridine rings is 1. The Morgan fingerprint density at radius 2 is 1.51 bits per heavy atom. The molecule has 0 saturated heterocycles. The number of benzene rings is 4. The Morgan fingerprint density at radius 1 is 0.732 bits per heavy atom. The van der Waals surface area contributed by atoms with Gasteiger partial charge in [0.25, 0.3) is 0 Å². The zero-order valence-electron chi connectivity index (χ0n) is 24.7. The topological polar surface area (TPSA) is 51.8 Å². The van der Waals surface area contributed by atoms with Crippen LogP contribution in [0, 0.1) is 27.7 Å². The van der Waals surface area contributed by atoms with Crippen LogP contribution in [-0.4, -0.2) is 28.2 Å². The summed E-state index contributed by atoms with van der Waals surface area (Å²) in [6.45, 7) is 8.55. The number of hydrogen-bond acceptors (Lipinski definition) is 4. The molecule has 7 rings (SSSR count). The largest absolute Gasteiger partial charge is 0.261 e. The Labute approximate surface area is 242 Å². The maximum Gasteiger partial charge on any atom is 0.0349 e. The fraction of sp³-hybridized carbons (Fsp3) is 0.194. The van der Waals surface area contributed by atoms with E-state index in [1.807, 2.05) is 26.1 Å². The maximum absolute atomic E-state index is 6.63. The van der Waals surface area contributed by atoms with Crippen molar-refractivity contribution in [3.05, 3.63) is 95.6 Å². The molecule has 4 nitrogen and oxygen atoms in total. The van der Waals surface area contributed by atoms with Crippen molar-refractivity contribution < 1.29 is 4.42 Å². The van der Waals surface area contributed by atoms with Gasteiger partial charge in [-0.2, -0.15) is 0 Å². The molecule has 0 atom stereocenters. The standard InChI is InChI=1S/C36H33GeN3O/c1-20-17-25-14-16-29-34(39-23(4)40-35(29)32(25)22(3)33(20)37(5,6)7)30-10-8-9-28-27-15-13-24(18-31(27)41-36(28)30)26-12-11-21(2)38-19-26/h8-19H,1-7H3. The molecule has 202 valence electrons. The van der Waals surface area contributed by atoms with E-state index in [2.05, 4.69) is 96.8 Å². The summed E-state index contributed by atoms with van der Waals surface area (Å²) in [5.74, 6) is 8.18. The summed E-state index contributed by atoms with van der Waals surface area (Å²) in [7, 11) is 0. The van der Waals surface area contributed by atoms with Gasteiger partial charge in [-0.15, -0.1) is 0 Å². The normalized spacial score (nSPS) is 12.3. The van der Waals surface area contributed by atoms with Crippen LogP contribution in [0.4, 0.5) is 0 Å². The van der Waals surface area contributed by atoms with Gasteiger partial charge in [-0.05, 0) is 13.0 Å². The number of hydrogen-bond donors (Lipinski definition) is 0. The third-order valence-corrected chi connectivity index (χ3v) is 13.0. The second-order valence-corrected chi connectivity index (χ2v) is 22.8. The van der Waals surface area contributed by atoms with E-state index in [-0.39, 0.29) is 0 Å². The molecule has 0 aliphatic heterocycles. The summed E-state index contributed by atoms with van der Waals surface area (Å²) in [4.78, 5) is 14.6. The number of nitrogens with zero attached hydrogens (tertiary/aromatic N) is 3. The summed E-state index contributed by atoms with van der Waals surface area (Å²) in [5.41, 5.74) is 10.6. The molecular formula is C36H33GeN3O. The molecule has 4 aromatic carbocycles. The van der Waals surface area contributed by atoms with E-state index in [1.165, 1.54) is 21.9 Å². The molecule has 0 radical (unpaired) electrons.